The summed E-state index contributed by atoms with van der Waals surface area (Å²) in [4.78, 5) is 10.6. The van der Waals surface area contributed by atoms with Crippen molar-refractivity contribution in [3.05, 3.63) is 33.3 Å². The quantitative estimate of drug-likeness (QED) is 0.663. The third kappa shape index (κ3) is 2.43. The van der Waals surface area contributed by atoms with Crippen LogP contribution in [0.15, 0.2) is 18.2 Å². The van der Waals surface area contributed by atoms with E-state index in [4.69, 9.17) is 11.6 Å². The first-order valence-electron chi connectivity index (χ1n) is 6.20. The molecule has 1 aliphatic rings. The molecule has 0 aromatic heterocycles. The Hall–Kier alpha value is -1.29. The van der Waals surface area contributed by atoms with Crippen LogP contribution in [0.3, 0.4) is 0 Å². The number of nitrogens with zero attached hydrogens (tertiary/aromatic N) is 1. The summed E-state index contributed by atoms with van der Waals surface area (Å²) in [5, 5.41) is 14.7. The third-order valence-corrected chi connectivity index (χ3v) is 4.30. The smallest absolute Gasteiger partial charge is 0.293 e. The molecule has 0 bridgehead atoms. The second-order valence-corrected chi connectivity index (χ2v) is 5.46. The highest BCUT2D eigenvalue weighted by atomic mass is 35.5. The van der Waals surface area contributed by atoms with Crippen molar-refractivity contribution in [2.75, 3.05) is 5.32 Å². The average Bonchev–Trinajstić information content (AvgIpc) is 2.63. The topological polar surface area (TPSA) is 55.2 Å². The summed E-state index contributed by atoms with van der Waals surface area (Å²) < 4.78 is 0. The molecule has 2 rings (SSSR count). The summed E-state index contributed by atoms with van der Waals surface area (Å²) in [6, 6.07) is 5.03. The fraction of sp³-hybridized carbons (Fsp3) is 0.538. The number of para-hydroxylation sites is 1. The Morgan fingerprint density at radius 1 is 1.39 bits per heavy atom. The van der Waals surface area contributed by atoms with Gasteiger partial charge < -0.3 is 5.32 Å². The van der Waals surface area contributed by atoms with Crippen LogP contribution in [-0.2, 0) is 0 Å². The molecule has 0 saturated heterocycles. The predicted octanol–water partition coefficient (Wildman–Crippen LogP) is 4.09. The van der Waals surface area contributed by atoms with Gasteiger partial charge in [-0.1, -0.05) is 31.5 Å². The lowest BCUT2D eigenvalue weighted by Crippen LogP contribution is -2.24. The van der Waals surface area contributed by atoms with Gasteiger partial charge in [-0.3, -0.25) is 10.1 Å². The molecular weight excluding hydrogens is 252 g/mol. The van der Waals surface area contributed by atoms with Gasteiger partial charge in [-0.2, -0.15) is 0 Å². The minimum Gasteiger partial charge on any atom is -0.375 e. The molecule has 18 heavy (non-hydrogen) atoms. The Kier molecular flexibility index (Phi) is 3.76. The van der Waals surface area contributed by atoms with E-state index in [1.807, 2.05) is 0 Å². The van der Waals surface area contributed by atoms with Crippen molar-refractivity contribution in [2.45, 2.75) is 32.7 Å². The van der Waals surface area contributed by atoms with E-state index in [9.17, 15) is 10.1 Å². The molecule has 3 unspecified atom stereocenters. The van der Waals surface area contributed by atoms with E-state index < -0.39 is 4.92 Å². The fourth-order valence-electron chi connectivity index (χ4n) is 2.56. The van der Waals surface area contributed by atoms with Gasteiger partial charge in [0.05, 0.1) is 9.95 Å². The molecule has 0 aliphatic heterocycles. The van der Waals surface area contributed by atoms with Crippen molar-refractivity contribution in [1.82, 2.24) is 0 Å². The van der Waals surface area contributed by atoms with Crippen molar-refractivity contribution in [2.24, 2.45) is 11.8 Å². The predicted molar refractivity (Wildman–Crippen MR) is 73.1 cm³/mol. The van der Waals surface area contributed by atoms with E-state index in [0.29, 0.717) is 22.5 Å². The van der Waals surface area contributed by atoms with E-state index in [1.165, 1.54) is 6.07 Å². The Labute approximate surface area is 111 Å². The Morgan fingerprint density at radius 3 is 2.67 bits per heavy atom. The number of nitro benzene ring substituents is 1. The van der Waals surface area contributed by atoms with Crippen molar-refractivity contribution < 1.29 is 4.92 Å². The number of halogens is 1. The number of anilines is 1. The standard InChI is InChI=1S/C13H17ClN2O2/c1-8-6-7-11(9(8)2)15-13-10(14)4-3-5-12(13)16(17)18/h3-5,8-9,11,15H,6-7H2,1-2H3. The highest BCUT2D eigenvalue weighted by Gasteiger charge is 2.31. The minimum atomic E-state index is -0.392. The van der Waals surface area contributed by atoms with Gasteiger partial charge in [0.15, 0.2) is 0 Å². The van der Waals surface area contributed by atoms with Gasteiger partial charge in [0.1, 0.15) is 5.69 Å². The summed E-state index contributed by atoms with van der Waals surface area (Å²) in [5.74, 6) is 1.14. The van der Waals surface area contributed by atoms with Crippen LogP contribution in [0.25, 0.3) is 0 Å². The van der Waals surface area contributed by atoms with Crippen LogP contribution in [0.5, 0.6) is 0 Å². The van der Waals surface area contributed by atoms with E-state index >= 15 is 0 Å². The largest absolute Gasteiger partial charge is 0.375 e. The maximum Gasteiger partial charge on any atom is 0.293 e. The Balaban J connectivity index is 2.26. The second-order valence-electron chi connectivity index (χ2n) is 5.06. The van der Waals surface area contributed by atoms with Crippen molar-refractivity contribution in [1.29, 1.82) is 0 Å². The first-order valence-corrected chi connectivity index (χ1v) is 6.58. The number of hydrogen-bond donors (Lipinski definition) is 1. The van der Waals surface area contributed by atoms with Gasteiger partial charge in [-0.05, 0) is 30.7 Å². The van der Waals surface area contributed by atoms with Crippen LogP contribution in [0.2, 0.25) is 5.02 Å². The van der Waals surface area contributed by atoms with E-state index in [2.05, 4.69) is 19.2 Å². The van der Waals surface area contributed by atoms with Crippen molar-refractivity contribution in [3.8, 4) is 0 Å². The number of rotatable bonds is 3. The zero-order chi connectivity index (χ0) is 13.3. The van der Waals surface area contributed by atoms with E-state index in [0.717, 1.165) is 12.8 Å². The van der Waals surface area contributed by atoms with Crippen LogP contribution >= 0.6 is 11.6 Å². The Morgan fingerprint density at radius 2 is 2.11 bits per heavy atom. The molecule has 1 fully saturated rings. The highest BCUT2D eigenvalue weighted by molar-refractivity contribution is 6.33. The molecular formula is C13H17ClN2O2. The van der Waals surface area contributed by atoms with Gasteiger partial charge in [0.25, 0.3) is 5.69 Å². The number of nitrogens with one attached hydrogen (secondary N) is 1. The van der Waals surface area contributed by atoms with Crippen LogP contribution in [-0.4, -0.2) is 11.0 Å². The number of hydrogen-bond acceptors (Lipinski definition) is 3. The molecule has 1 saturated carbocycles. The zero-order valence-corrected chi connectivity index (χ0v) is 11.3. The monoisotopic (exact) mass is 268 g/mol. The van der Waals surface area contributed by atoms with E-state index in [-0.39, 0.29) is 11.7 Å². The number of benzene rings is 1. The van der Waals surface area contributed by atoms with Gasteiger partial charge in [0, 0.05) is 12.1 Å². The normalized spacial score (nSPS) is 27.2. The first kappa shape index (κ1) is 13.1. The molecule has 1 aliphatic carbocycles. The van der Waals surface area contributed by atoms with Crippen LogP contribution in [0.4, 0.5) is 11.4 Å². The molecule has 1 aromatic rings. The molecule has 5 heteroatoms. The molecule has 0 heterocycles. The number of nitro groups is 1. The van der Waals surface area contributed by atoms with Crippen LogP contribution < -0.4 is 5.32 Å². The lowest BCUT2D eigenvalue weighted by atomic mass is 9.97. The summed E-state index contributed by atoms with van der Waals surface area (Å²) in [6.45, 7) is 4.39. The zero-order valence-electron chi connectivity index (χ0n) is 10.5. The van der Waals surface area contributed by atoms with Gasteiger partial charge >= 0.3 is 0 Å². The lowest BCUT2D eigenvalue weighted by molar-refractivity contribution is -0.384. The molecule has 1 N–H and O–H groups in total. The molecule has 0 spiro atoms. The molecule has 1 aromatic carbocycles. The second kappa shape index (κ2) is 5.14. The first-order chi connectivity index (χ1) is 8.50. The molecule has 0 radical (unpaired) electrons. The van der Waals surface area contributed by atoms with Crippen LogP contribution in [0.1, 0.15) is 26.7 Å². The summed E-state index contributed by atoms with van der Waals surface area (Å²) in [5.41, 5.74) is 0.504. The maximum atomic E-state index is 11.0. The van der Waals surface area contributed by atoms with Crippen molar-refractivity contribution in [3.63, 3.8) is 0 Å². The molecule has 3 atom stereocenters. The summed E-state index contributed by atoms with van der Waals surface area (Å²) in [6.07, 6.45) is 2.18. The van der Waals surface area contributed by atoms with Crippen molar-refractivity contribution >= 4 is 23.0 Å². The maximum absolute atomic E-state index is 11.0. The summed E-state index contributed by atoms with van der Waals surface area (Å²) in [7, 11) is 0. The third-order valence-electron chi connectivity index (χ3n) is 3.98. The van der Waals surface area contributed by atoms with Gasteiger partial charge in [-0.25, -0.2) is 0 Å². The molecule has 98 valence electrons. The lowest BCUT2D eigenvalue weighted by Gasteiger charge is -2.21. The van der Waals surface area contributed by atoms with Crippen LogP contribution in [0, 0.1) is 22.0 Å². The van der Waals surface area contributed by atoms with E-state index in [1.54, 1.807) is 12.1 Å². The van der Waals surface area contributed by atoms with Gasteiger partial charge in [0.2, 0.25) is 0 Å². The Bertz CT molecular complexity index is 464. The SMILES string of the molecule is CC1CCC(Nc2c(Cl)cccc2[N+](=O)[O-])C1C. The highest BCUT2D eigenvalue weighted by Crippen LogP contribution is 2.38. The fourth-order valence-corrected chi connectivity index (χ4v) is 2.79. The average molecular weight is 269 g/mol. The molecule has 4 nitrogen and oxygen atoms in total. The minimum absolute atomic E-state index is 0.0502. The summed E-state index contributed by atoms with van der Waals surface area (Å²) >= 11 is 6.07. The van der Waals surface area contributed by atoms with Gasteiger partial charge in [-0.15, -0.1) is 0 Å². The molecule has 0 amide bonds.